The van der Waals surface area contributed by atoms with Crippen LogP contribution < -0.4 is 10.6 Å². The van der Waals surface area contributed by atoms with E-state index in [1.54, 1.807) is 11.0 Å². The Hall–Kier alpha value is -2.36. The molecule has 108 valence electrons. The van der Waals surface area contributed by atoms with Crippen LogP contribution in [0.4, 0.5) is 15.8 Å². The number of nitrogen functional groups attached to an aromatic ring is 1. The molecule has 2 N–H and O–H groups in total. The number of benzene rings is 2. The van der Waals surface area contributed by atoms with Crippen molar-refractivity contribution in [3.8, 4) is 0 Å². The smallest absolute Gasteiger partial charge is 0.227 e. The molecule has 3 rings (SSSR count). The van der Waals surface area contributed by atoms with Crippen molar-refractivity contribution < 1.29 is 9.18 Å². The van der Waals surface area contributed by atoms with Gasteiger partial charge in [-0.3, -0.25) is 4.79 Å². The third-order valence-electron chi connectivity index (χ3n) is 3.85. The van der Waals surface area contributed by atoms with Crippen LogP contribution in [0.2, 0.25) is 0 Å². The highest BCUT2D eigenvalue weighted by Crippen LogP contribution is 2.29. The molecule has 1 aliphatic rings. The summed E-state index contributed by atoms with van der Waals surface area (Å²) >= 11 is 0. The van der Waals surface area contributed by atoms with Crippen LogP contribution in [0.5, 0.6) is 0 Å². The third-order valence-corrected chi connectivity index (χ3v) is 3.85. The van der Waals surface area contributed by atoms with Gasteiger partial charge in [-0.25, -0.2) is 4.39 Å². The Morgan fingerprint density at radius 1 is 1.19 bits per heavy atom. The molecule has 3 nitrogen and oxygen atoms in total. The van der Waals surface area contributed by atoms with E-state index in [0.717, 1.165) is 23.2 Å². The molecule has 0 spiro atoms. The van der Waals surface area contributed by atoms with Crippen molar-refractivity contribution in [2.75, 3.05) is 17.2 Å². The number of rotatable bonds is 3. The predicted molar refractivity (Wildman–Crippen MR) is 81.6 cm³/mol. The summed E-state index contributed by atoms with van der Waals surface area (Å²) in [4.78, 5) is 14.0. The lowest BCUT2D eigenvalue weighted by atomic mass is 10.1. The Morgan fingerprint density at radius 2 is 1.95 bits per heavy atom. The summed E-state index contributed by atoms with van der Waals surface area (Å²) in [6, 6.07) is 12.2. The van der Waals surface area contributed by atoms with Crippen LogP contribution in [-0.2, 0) is 17.6 Å². The number of carbonyl (C=O) groups excluding carboxylic acids is 1. The molecule has 0 bridgehead atoms. The van der Waals surface area contributed by atoms with Crippen molar-refractivity contribution in [1.82, 2.24) is 0 Å². The number of hydrogen-bond donors (Lipinski definition) is 1. The molecule has 0 radical (unpaired) electrons. The van der Waals surface area contributed by atoms with Gasteiger partial charge >= 0.3 is 0 Å². The first-order valence-electron chi connectivity index (χ1n) is 7.07. The van der Waals surface area contributed by atoms with Crippen LogP contribution in [0.1, 0.15) is 17.5 Å². The van der Waals surface area contributed by atoms with Crippen molar-refractivity contribution in [1.29, 1.82) is 0 Å². The van der Waals surface area contributed by atoms with Gasteiger partial charge < -0.3 is 10.6 Å². The molecule has 0 atom stereocenters. The molecule has 1 amide bonds. The van der Waals surface area contributed by atoms with E-state index in [2.05, 4.69) is 0 Å². The summed E-state index contributed by atoms with van der Waals surface area (Å²) in [5, 5.41) is 0. The summed E-state index contributed by atoms with van der Waals surface area (Å²) in [5.74, 6) is -0.261. The fourth-order valence-corrected chi connectivity index (χ4v) is 2.68. The molecule has 0 aliphatic carbocycles. The molecule has 2 aromatic rings. The normalized spacial score (nSPS) is 13.3. The van der Waals surface area contributed by atoms with Gasteiger partial charge in [-0.2, -0.15) is 0 Å². The van der Waals surface area contributed by atoms with Gasteiger partial charge in [0.25, 0.3) is 0 Å². The van der Waals surface area contributed by atoms with Crippen molar-refractivity contribution in [3.63, 3.8) is 0 Å². The summed E-state index contributed by atoms with van der Waals surface area (Å²) in [6.45, 7) is 0.638. The Morgan fingerprint density at radius 3 is 2.71 bits per heavy atom. The number of hydrogen-bond acceptors (Lipinski definition) is 2. The number of amides is 1. The van der Waals surface area contributed by atoms with Crippen LogP contribution in [0, 0.1) is 5.82 Å². The van der Waals surface area contributed by atoms with E-state index in [0.29, 0.717) is 25.1 Å². The molecule has 1 aliphatic heterocycles. The minimum atomic E-state index is -0.299. The van der Waals surface area contributed by atoms with Gasteiger partial charge in [0, 0.05) is 24.3 Å². The first-order valence-corrected chi connectivity index (χ1v) is 7.07. The number of anilines is 2. The van der Waals surface area contributed by atoms with Crippen LogP contribution >= 0.6 is 0 Å². The lowest BCUT2D eigenvalue weighted by Gasteiger charge is -2.17. The average Bonchev–Trinajstić information content (AvgIpc) is 2.89. The van der Waals surface area contributed by atoms with E-state index in [1.165, 1.54) is 12.1 Å². The summed E-state index contributed by atoms with van der Waals surface area (Å²) in [7, 11) is 0. The Labute approximate surface area is 123 Å². The van der Waals surface area contributed by atoms with E-state index in [1.807, 2.05) is 24.3 Å². The quantitative estimate of drug-likeness (QED) is 0.881. The zero-order valence-corrected chi connectivity index (χ0v) is 11.7. The second kappa shape index (κ2) is 5.56. The molecule has 1 heterocycles. The van der Waals surface area contributed by atoms with Crippen molar-refractivity contribution in [2.45, 2.75) is 19.3 Å². The maximum Gasteiger partial charge on any atom is 0.227 e. The molecular formula is C17H17FN2O. The monoisotopic (exact) mass is 284 g/mol. The number of nitrogens with zero attached hydrogens (tertiary/aromatic N) is 1. The first kappa shape index (κ1) is 13.6. The number of fused-ring (bicyclic) bond motifs is 1. The standard InChI is InChI=1S/C17H17FN2O/c18-14-5-4-13-9-10-20(16(13)11-14)17(21)8-3-12-1-6-15(19)7-2-12/h1-2,4-7,11H,3,8-10,19H2. The van der Waals surface area contributed by atoms with Crippen LogP contribution in [0.25, 0.3) is 0 Å². The minimum absolute atomic E-state index is 0.0381. The van der Waals surface area contributed by atoms with Gasteiger partial charge in [0.15, 0.2) is 0 Å². The molecule has 4 heteroatoms. The third kappa shape index (κ3) is 2.89. The fraction of sp³-hybridized carbons (Fsp3) is 0.235. The first-order chi connectivity index (χ1) is 10.1. The van der Waals surface area contributed by atoms with E-state index < -0.39 is 0 Å². The van der Waals surface area contributed by atoms with Gasteiger partial charge in [-0.1, -0.05) is 18.2 Å². The zero-order chi connectivity index (χ0) is 14.8. The van der Waals surface area contributed by atoms with Gasteiger partial charge in [0.2, 0.25) is 5.91 Å². The number of halogens is 1. The number of nitrogens with two attached hydrogens (primary N) is 1. The maximum absolute atomic E-state index is 13.3. The Balaban J connectivity index is 1.67. The molecule has 0 fully saturated rings. The van der Waals surface area contributed by atoms with Crippen molar-refractivity contribution in [2.24, 2.45) is 0 Å². The SMILES string of the molecule is Nc1ccc(CCC(=O)N2CCc3ccc(F)cc32)cc1. The minimum Gasteiger partial charge on any atom is -0.399 e. The van der Waals surface area contributed by atoms with Gasteiger partial charge in [-0.05, 0) is 48.2 Å². The maximum atomic E-state index is 13.3. The topological polar surface area (TPSA) is 46.3 Å². The van der Waals surface area contributed by atoms with E-state index >= 15 is 0 Å². The van der Waals surface area contributed by atoms with Gasteiger partial charge in [0.1, 0.15) is 5.82 Å². The highest BCUT2D eigenvalue weighted by Gasteiger charge is 2.24. The Kier molecular flexibility index (Phi) is 3.60. The van der Waals surface area contributed by atoms with Crippen LogP contribution in [0.3, 0.4) is 0 Å². The van der Waals surface area contributed by atoms with Crippen molar-refractivity contribution in [3.05, 3.63) is 59.4 Å². The molecule has 0 saturated carbocycles. The highest BCUT2D eigenvalue weighted by atomic mass is 19.1. The second-order valence-electron chi connectivity index (χ2n) is 5.31. The molecule has 2 aromatic carbocycles. The van der Waals surface area contributed by atoms with E-state index in [-0.39, 0.29) is 11.7 Å². The summed E-state index contributed by atoms with van der Waals surface area (Å²) < 4.78 is 13.3. The molecule has 21 heavy (non-hydrogen) atoms. The lowest BCUT2D eigenvalue weighted by molar-refractivity contribution is -0.118. The fourth-order valence-electron chi connectivity index (χ4n) is 2.68. The van der Waals surface area contributed by atoms with Crippen LogP contribution in [-0.4, -0.2) is 12.5 Å². The average molecular weight is 284 g/mol. The Bertz CT molecular complexity index is 667. The largest absolute Gasteiger partial charge is 0.399 e. The summed E-state index contributed by atoms with van der Waals surface area (Å²) in [5.41, 5.74) is 9.19. The second-order valence-corrected chi connectivity index (χ2v) is 5.31. The molecule has 0 aromatic heterocycles. The molecular weight excluding hydrogens is 267 g/mol. The van der Waals surface area contributed by atoms with Crippen molar-refractivity contribution >= 4 is 17.3 Å². The predicted octanol–water partition coefficient (Wildman–Crippen LogP) is 2.93. The molecule has 0 unspecified atom stereocenters. The highest BCUT2D eigenvalue weighted by molar-refractivity contribution is 5.95. The number of aryl methyl sites for hydroxylation is 1. The van der Waals surface area contributed by atoms with Gasteiger partial charge in [0.05, 0.1) is 0 Å². The number of carbonyl (C=O) groups is 1. The van der Waals surface area contributed by atoms with E-state index in [4.69, 9.17) is 5.73 Å². The van der Waals surface area contributed by atoms with Gasteiger partial charge in [-0.15, -0.1) is 0 Å². The summed E-state index contributed by atoms with van der Waals surface area (Å²) in [6.07, 6.45) is 1.88. The zero-order valence-electron chi connectivity index (χ0n) is 11.7. The van der Waals surface area contributed by atoms with Crippen LogP contribution in [0.15, 0.2) is 42.5 Å². The lowest BCUT2D eigenvalue weighted by Crippen LogP contribution is -2.29. The van der Waals surface area contributed by atoms with E-state index in [9.17, 15) is 9.18 Å². The molecule has 0 saturated heterocycles.